The zero-order valence-corrected chi connectivity index (χ0v) is 18.8. The number of nitrogens with one attached hydrogen (secondary N) is 1. The smallest absolute Gasteiger partial charge is 0.354 e. The van der Waals surface area contributed by atoms with Gasteiger partial charge in [-0.25, -0.2) is 4.39 Å². The van der Waals surface area contributed by atoms with Crippen molar-refractivity contribution in [3.8, 4) is 0 Å². The lowest BCUT2D eigenvalue weighted by atomic mass is 10.0. The summed E-state index contributed by atoms with van der Waals surface area (Å²) in [4.78, 5) is 31.4. The number of anilines is 1. The molecule has 1 aromatic heterocycles. The van der Waals surface area contributed by atoms with E-state index < -0.39 is 35.4 Å². The summed E-state index contributed by atoms with van der Waals surface area (Å²) in [5.74, 6) is -1.66. The molecule has 1 atom stereocenters. The number of carbonyl (C=O) groups excluding carboxylic acids is 2. The summed E-state index contributed by atoms with van der Waals surface area (Å²) < 4.78 is 52.6. The highest BCUT2D eigenvalue weighted by molar-refractivity contribution is 6.06. The lowest BCUT2D eigenvalue weighted by Gasteiger charge is -2.31. The van der Waals surface area contributed by atoms with Crippen molar-refractivity contribution in [2.24, 2.45) is 0 Å². The third-order valence-corrected chi connectivity index (χ3v) is 5.21. The number of aryl methyl sites for hydroxylation is 1. The van der Waals surface area contributed by atoms with Crippen molar-refractivity contribution in [3.05, 3.63) is 108 Å². The molecule has 0 aliphatic heterocycles. The van der Waals surface area contributed by atoms with E-state index >= 15 is 0 Å². The number of rotatable bonds is 8. The minimum atomic E-state index is -4.56. The van der Waals surface area contributed by atoms with Crippen molar-refractivity contribution >= 4 is 17.5 Å². The Labute approximate surface area is 200 Å². The van der Waals surface area contributed by atoms with Crippen molar-refractivity contribution in [2.75, 3.05) is 11.4 Å². The highest BCUT2D eigenvalue weighted by atomic mass is 19.4. The van der Waals surface area contributed by atoms with E-state index in [0.29, 0.717) is 17.5 Å². The topological polar surface area (TPSA) is 62.3 Å². The lowest BCUT2D eigenvalue weighted by Crippen LogP contribution is -2.44. The van der Waals surface area contributed by atoms with E-state index in [2.05, 4.69) is 16.9 Å². The molecule has 0 fully saturated rings. The van der Waals surface area contributed by atoms with E-state index in [9.17, 15) is 27.2 Å². The van der Waals surface area contributed by atoms with Crippen LogP contribution in [0.2, 0.25) is 0 Å². The van der Waals surface area contributed by atoms with Crippen LogP contribution in [0.25, 0.3) is 0 Å². The van der Waals surface area contributed by atoms with Crippen LogP contribution in [0.1, 0.15) is 28.3 Å². The SMILES string of the molecule is C=CC(=O)N(c1ccc(C(F)(F)F)cc1)C(C(=O)NCCc1cccc(F)c1)c1cncc(C)c1. The van der Waals surface area contributed by atoms with Crippen LogP contribution in [0, 0.1) is 12.7 Å². The zero-order chi connectivity index (χ0) is 25.6. The molecule has 3 aromatic rings. The van der Waals surface area contributed by atoms with E-state index in [4.69, 9.17) is 0 Å². The number of amides is 2. The Hall–Kier alpha value is -4.01. The fraction of sp³-hybridized carbons (Fsp3) is 0.192. The number of pyridine rings is 1. The number of aromatic nitrogens is 1. The number of hydrogen-bond donors (Lipinski definition) is 1. The van der Waals surface area contributed by atoms with E-state index in [-0.39, 0.29) is 12.2 Å². The van der Waals surface area contributed by atoms with Crippen LogP contribution in [0.3, 0.4) is 0 Å². The third kappa shape index (κ3) is 6.53. The molecule has 1 N–H and O–H groups in total. The Balaban J connectivity index is 1.95. The first-order valence-corrected chi connectivity index (χ1v) is 10.7. The van der Waals surface area contributed by atoms with Gasteiger partial charge in [-0.3, -0.25) is 19.5 Å². The quantitative estimate of drug-likeness (QED) is 0.354. The third-order valence-electron chi connectivity index (χ3n) is 5.21. The zero-order valence-electron chi connectivity index (χ0n) is 18.8. The first-order valence-electron chi connectivity index (χ1n) is 10.7. The largest absolute Gasteiger partial charge is 0.416 e. The Morgan fingerprint density at radius 2 is 1.83 bits per heavy atom. The number of halogens is 4. The molecule has 1 heterocycles. The lowest BCUT2D eigenvalue weighted by molar-refractivity contribution is -0.137. The predicted molar refractivity (Wildman–Crippen MR) is 124 cm³/mol. The van der Waals surface area contributed by atoms with Crippen LogP contribution in [0.4, 0.5) is 23.2 Å². The van der Waals surface area contributed by atoms with Crippen molar-refractivity contribution in [2.45, 2.75) is 25.6 Å². The monoisotopic (exact) mass is 485 g/mol. The molecule has 0 aliphatic rings. The molecule has 182 valence electrons. The van der Waals surface area contributed by atoms with Crippen molar-refractivity contribution in [3.63, 3.8) is 0 Å². The van der Waals surface area contributed by atoms with E-state index in [0.717, 1.165) is 40.8 Å². The van der Waals surface area contributed by atoms with Gasteiger partial charge in [-0.1, -0.05) is 24.8 Å². The number of benzene rings is 2. The molecule has 0 aliphatic carbocycles. The average molecular weight is 485 g/mol. The van der Waals surface area contributed by atoms with Gasteiger partial charge in [-0.15, -0.1) is 0 Å². The van der Waals surface area contributed by atoms with Gasteiger partial charge in [-0.05, 0) is 66.9 Å². The van der Waals surface area contributed by atoms with Crippen molar-refractivity contribution in [1.82, 2.24) is 10.3 Å². The average Bonchev–Trinajstić information content (AvgIpc) is 2.81. The number of hydrogen-bond acceptors (Lipinski definition) is 3. The normalized spacial score (nSPS) is 12.0. The maximum atomic E-state index is 13.4. The second-order valence-electron chi connectivity index (χ2n) is 7.83. The van der Waals surface area contributed by atoms with E-state index in [1.807, 2.05) is 0 Å². The highest BCUT2D eigenvalue weighted by Crippen LogP contribution is 2.33. The summed E-state index contributed by atoms with van der Waals surface area (Å²) >= 11 is 0. The van der Waals surface area contributed by atoms with Gasteiger partial charge in [-0.2, -0.15) is 13.2 Å². The molecule has 3 rings (SSSR count). The van der Waals surface area contributed by atoms with Gasteiger partial charge in [0.05, 0.1) is 5.56 Å². The molecule has 2 aromatic carbocycles. The molecular weight excluding hydrogens is 462 g/mol. The fourth-order valence-electron chi connectivity index (χ4n) is 3.58. The van der Waals surface area contributed by atoms with Crippen molar-refractivity contribution < 1.29 is 27.2 Å². The van der Waals surface area contributed by atoms with Crippen LogP contribution < -0.4 is 10.2 Å². The van der Waals surface area contributed by atoms with Crippen LogP contribution in [0.5, 0.6) is 0 Å². The van der Waals surface area contributed by atoms with Crippen molar-refractivity contribution in [1.29, 1.82) is 0 Å². The Morgan fingerprint density at radius 3 is 2.43 bits per heavy atom. The number of nitrogens with zero attached hydrogens (tertiary/aromatic N) is 2. The van der Waals surface area contributed by atoms with Gasteiger partial charge in [0.15, 0.2) is 0 Å². The molecule has 0 saturated heterocycles. The van der Waals surface area contributed by atoms with E-state index in [1.165, 1.54) is 18.3 Å². The first-order chi connectivity index (χ1) is 16.6. The maximum Gasteiger partial charge on any atom is 0.416 e. The van der Waals surface area contributed by atoms with Gasteiger partial charge in [0.2, 0.25) is 5.91 Å². The Kier molecular flexibility index (Phi) is 8.01. The number of carbonyl (C=O) groups is 2. The van der Waals surface area contributed by atoms with Gasteiger partial charge in [0.25, 0.3) is 5.91 Å². The van der Waals surface area contributed by atoms with Gasteiger partial charge in [0.1, 0.15) is 11.9 Å². The summed E-state index contributed by atoms with van der Waals surface area (Å²) in [5.41, 5.74) is 0.943. The summed E-state index contributed by atoms with van der Waals surface area (Å²) in [6.07, 6.45) is -0.261. The van der Waals surface area contributed by atoms with Gasteiger partial charge in [0, 0.05) is 30.2 Å². The minimum Gasteiger partial charge on any atom is -0.354 e. The molecule has 0 radical (unpaired) electrons. The summed E-state index contributed by atoms with van der Waals surface area (Å²) in [6, 6.07) is 10.3. The fourth-order valence-corrected chi connectivity index (χ4v) is 3.58. The standard InChI is InChI=1S/C26H23F4N3O2/c1-3-23(34)33(22-9-7-20(8-10-22)26(28,29)30)24(19-13-17(2)15-31-16-19)25(35)32-12-11-18-5-4-6-21(27)14-18/h3-10,13-16,24H,1,11-12H2,2H3,(H,32,35). The van der Waals surface area contributed by atoms with Crippen LogP contribution in [0.15, 0.2) is 79.6 Å². The minimum absolute atomic E-state index is 0.0784. The second kappa shape index (κ2) is 10.9. The molecule has 9 heteroatoms. The molecule has 5 nitrogen and oxygen atoms in total. The molecular formula is C26H23F4N3O2. The summed E-state index contributed by atoms with van der Waals surface area (Å²) in [6.45, 7) is 5.37. The molecule has 0 saturated carbocycles. The molecule has 1 unspecified atom stereocenters. The predicted octanol–water partition coefficient (Wildman–Crippen LogP) is 5.17. The maximum absolute atomic E-state index is 13.4. The Morgan fingerprint density at radius 1 is 1.11 bits per heavy atom. The highest BCUT2D eigenvalue weighted by Gasteiger charge is 2.34. The van der Waals surface area contributed by atoms with E-state index in [1.54, 1.807) is 31.3 Å². The first kappa shape index (κ1) is 25.6. The van der Waals surface area contributed by atoms with Gasteiger partial charge >= 0.3 is 6.18 Å². The van der Waals surface area contributed by atoms with Crippen LogP contribution >= 0.6 is 0 Å². The summed E-state index contributed by atoms with van der Waals surface area (Å²) in [5, 5.41) is 2.74. The molecule has 0 bridgehead atoms. The van der Waals surface area contributed by atoms with Crippen LogP contribution in [-0.4, -0.2) is 23.3 Å². The van der Waals surface area contributed by atoms with Gasteiger partial charge < -0.3 is 5.32 Å². The Bertz CT molecular complexity index is 1210. The summed E-state index contributed by atoms with van der Waals surface area (Å²) in [7, 11) is 0. The van der Waals surface area contributed by atoms with Crippen LogP contribution in [-0.2, 0) is 22.2 Å². The molecule has 0 spiro atoms. The molecule has 35 heavy (non-hydrogen) atoms. The number of alkyl halides is 3. The second-order valence-corrected chi connectivity index (χ2v) is 7.83. The molecule has 2 amide bonds.